The van der Waals surface area contributed by atoms with Crippen molar-refractivity contribution in [3.63, 3.8) is 0 Å². The normalized spacial score (nSPS) is 15.7. The van der Waals surface area contributed by atoms with Crippen LogP contribution in [0, 0.1) is 15.9 Å². The SMILES string of the molecule is CC(O)(C(=O)Nc1ccc([N+](=O)[O-])c(C(F)(F)F)c1)C(c1ccc(F)cc1)S(=O)[O-]. The van der Waals surface area contributed by atoms with Gasteiger partial charge in [-0.25, -0.2) is 4.39 Å². The molecule has 2 N–H and O–H groups in total. The molecule has 3 unspecified atom stereocenters. The summed E-state index contributed by atoms with van der Waals surface area (Å²) in [4.78, 5) is 22.0. The van der Waals surface area contributed by atoms with Gasteiger partial charge in [0.25, 0.3) is 11.6 Å². The fourth-order valence-electron chi connectivity index (χ4n) is 2.64. The quantitative estimate of drug-likeness (QED) is 0.301. The summed E-state index contributed by atoms with van der Waals surface area (Å²) in [6.07, 6.45) is -5.11. The minimum Gasteiger partial charge on any atom is -0.772 e. The number of hydrogen-bond acceptors (Lipinski definition) is 6. The smallest absolute Gasteiger partial charge is 0.423 e. The van der Waals surface area contributed by atoms with Crippen LogP contribution in [0.25, 0.3) is 0 Å². The van der Waals surface area contributed by atoms with Crippen molar-refractivity contribution < 1.29 is 41.1 Å². The fourth-order valence-corrected chi connectivity index (χ4v) is 3.50. The van der Waals surface area contributed by atoms with Crippen LogP contribution in [0.1, 0.15) is 23.3 Å². The molecule has 162 valence electrons. The molecule has 0 saturated carbocycles. The number of carbonyl (C=O) groups excluding carboxylic acids is 1. The Balaban J connectivity index is 2.40. The Morgan fingerprint density at radius 2 is 1.77 bits per heavy atom. The van der Waals surface area contributed by atoms with Gasteiger partial charge < -0.3 is 15.0 Å². The van der Waals surface area contributed by atoms with Crippen LogP contribution in [0.4, 0.5) is 28.9 Å². The number of nitro benzene ring substituents is 1. The van der Waals surface area contributed by atoms with Crippen molar-refractivity contribution in [2.24, 2.45) is 0 Å². The number of nitrogens with one attached hydrogen (secondary N) is 1. The maximum atomic E-state index is 13.1. The summed E-state index contributed by atoms with van der Waals surface area (Å²) in [7, 11) is 0. The number of carbonyl (C=O) groups is 1. The Morgan fingerprint density at radius 1 is 1.20 bits per heavy atom. The Kier molecular flexibility index (Phi) is 6.59. The lowest BCUT2D eigenvalue weighted by Gasteiger charge is -2.33. The van der Waals surface area contributed by atoms with Crippen LogP contribution in [0.5, 0.6) is 0 Å². The number of nitrogens with zero attached hydrogens (tertiary/aromatic N) is 1. The van der Waals surface area contributed by atoms with E-state index in [1.165, 1.54) is 0 Å². The van der Waals surface area contributed by atoms with Crippen molar-refractivity contribution in [3.05, 3.63) is 69.5 Å². The number of rotatable bonds is 6. The Labute approximate surface area is 169 Å². The molecule has 30 heavy (non-hydrogen) atoms. The van der Waals surface area contributed by atoms with Crippen LogP contribution >= 0.6 is 0 Å². The zero-order chi connectivity index (χ0) is 22.9. The van der Waals surface area contributed by atoms with Crippen LogP contribution in [-0.2, 0) is 22.1 Å². The van der Waals surface area contributed by atoms with Crippen molar-refractivity contribution >= 4 is 28.4 Å². The van der Waals surface area contributed by atoms with Crippen molar-refractivity contribution in [2.45, 2.75) is 24.0 Å². The number of halogens is 4. The summed E-state index contributed by atoms with van der Waals surface area (Å²) in [5.74, 6) is -2.10. The predicted octanol–water partition coefficient (Wildman–Crippen LogP) is 3.06. The second-order valence-electron chi connectivity index (χ2n) is 6.28. The summed E-state index contributed by atoms with van der Waals surface area (Å²) in [5, 5.41) is 21.4. The molecule has 0 aliphatic rings. The molecule has 0 radical (unpaired) electrons. The molecular formula is C17H13F4N2O6S-. The summed E-state index contributed by atoms with van der Waals surface area (Å²) in [5.41, 5.74) is -6.30. The highest BCUT2D eigenvalue weighted by Gasteiger charge is 2.42. The van der Waals surface area contributed by atoms with Gasteiger partial charge in [-0.05, 0) is 47.8 Å². The fraction of sp³-hybridized carbons (Fsp3) is 0.235. The van der Waals surface area contributed by atoms with E-state index >= 15 is 0 Å². The van der Waals surface area contributed by atoms with E-state index in [2.05, 4.69) is 0 Å². The molecule has 0 saturated heterocycles. The van der Waals surface area contributed by atoms with Crippen LogP contribution in [0.2, 0.25) is 0 Å². The first-order valence-corrected chi connectivity index (χ1v) is 9.12. The maximum Gasteiger partial charge on any atom is 0.423 e. The first-order chi connectivity index (χ1) is 13.7. The molecule has 0 fully saturated rings. The van der Waals surface area contributed by atoms with Crippen molar-refractivity contribution in [1.82, 2.24) is 0 Å². The molecule has 2 rings (SSSR count). The summed E-state index contributed by atoms with van der Waals surface area (Å²) in [6.45, 7) is 0.808. The van der Waals surface area contributed by atoms with E-state index in [0.29, 0.717) is 6.07 Å². The Morgan fingerprint density at radius 3 is 2.23 bits per heavy atom. The number of nitro groups is 1. The van der Waals surface area contributed by atoms with E-state index in [0.717, 1.165) is 37.3 Å². The van der Waals surface area contributed by atoms with E-state index in [1.54, 1.807) is 0 Å². The van der Waals surface area contributed by atoms with Gasteiger partial charge in [-0.15, -0.1) is 0 Å². The molecule has 0 aliphatic heterocycles. The average Bonchev–Trinajstić information content (AvgIpc) is 2.62. The van der Waals surface area contributed by atoms with Gasteiger partial charge in [0.05, 0.1) is 10.2 Å². The molecule has 0 heterocycles. The highest BCUT2D eigenvalue weighted by atomic mass is 32.2. The van der Waals surface area contributed by atoms with E-state index in [9.17, 15) is 46.3 Å². The lowest BCUT2D eigenvalue weighted by atomic mass is 9.94. The van der Waals surface area contributed by atoms with Crippen LogP contribution in [0.15, 0.2) is 42.5 Å². The molecule has 2 aromatic carbocycles. The van der Waals surface area contributed by atoms with Gasteiger partial charge in [-0.1, -0.05) is 12.1 Å². The standard InChI is InChI=1S/C17H14F4N2O6S/c1-16(25,14(30(28)29)9-2-4-10(18)5-3-9)15(24)22-11-6-7-13(23(26)27)12(8-11)17(19,20)21/h2-8,14,25H,1H3,(H,22,24)(H,28,29)/p-1. The number of alkyl halides is 3. The molecule has 8 nitrogen and oxygen atoms in total. The lowest BCUT2D eigenvalue weighted by molar-refractivity contribution is -0.388. The van der Waals surface area contributed by atoms with Gasteiger partial charge in [0.15, 0.2) is 5.60 Å². The van der Waals surface area contributed by atoms with Gasteiger partial charge in [-0.2, -0.15) is 13.2 Å². The maximum absolute atomic E-state index is 13.1. The zero-order valence-corrected chi connectivity index (χ0v) is 15.8. The first kappa shape index (κ1) is 23.4. The minimum absolute atomic E-state index is 0.149. The molecule has 0 bridgehead atoms. The first-order valence-electron chi connectivity index (χ1n) is 7.98. The predicted molar refractivity (Wildman–Crippen MR) is 95.4 cm³/mol. The van der Waals surface area contributed by atoms with Crippen molar-refractivity contribution in [3.8, 4) is 0 Å². The Hall–Kier alpha value is -2.90. The molecule has 0 aliphatic carbocycles. The topological polar surface area (TPSA) is 133 Å². The molecule has 13 heteroatoms. The van der Waals surface area contributed by atoms with Crippen LogP contribution < -0.4 is 5.32 Å². The summed E-state index contributed by atoms with van der Waals surface area (Å²) in [6, 6.07) is 5.42. The lowest BCUT2D eigenvalue weighted by Crippen LogP contribution is -2.46. The number of aliphatic hydroxyl groups is 1. The minimum atomic E-state index is -5.11. The molecule has 2 aromatic rings. The largest absolute Gasteiger partial charge is 0.772 e. The second-order valence-corrected chi connectivity index (χ2v) is 7.27. The molecule has 0 spiro atoms. The number of benzene rings is 2. The average molecular weight is 449 g/mol. The van der Waals surface area contributed by atoms with Gasteiger partial charge in [0.2, 0.25) is 0 Å². The third-order valence-corrected chi connectivity index (χ3v) is 5.21. The van der Waals surface area contributed by atoms with Crippen LogP contribution in [0.3, 0.4) is 0 Å². The number of hydrogen-bond donors (Lipinski definition) is 2. The molecular weight excluding hydrogens is 436 g/mol. The summed E-state index contributed by atoms with van der Waals surface area (Å²) < 4.78 is 75.6. The van der Waals surface area contributed by atoms with E-state index < -0.39 is 61.7 Å². The van der Waals surface area contributed by atoms with Gasteiger partial charge in [-0.3, -0.25) is 19.1 Å². The third kappa shape index (κ3) is 4.98. The Bertz CT molecular complexity index is 995. The van der Waals surface area contributed by atoms with Crippen molar-refractivity contribution in [1.29, 1.82) is 0 Å². The number of anilines is 1. The van der Waals surface area contributed by atoms with Crippen LogP contribution in [-0.4, -0.2) is 30.3 Å². The second kappa shape index (κ2) is 8.45. The molecule has 1 amide bonds. The monoisotopic (exact) mass is 449 g/mol. The highest BCUT2D eigenvalue weighted by Crippen LogP contribution is 2.38. The van der Waals surface area contributed by atoms with Gasteiger partial charge >= 0.3 is 6.18 Å². The van der Waals surface area contributed by atoms with E-state index in [1.807, 2.05) is 5.32 Å². The third-order valence-electron chi connectivity index (χ3n) is 4.09. The van der Waals surface area contributed by atoms with Crippen molar-refractivity contribution in [2.75, 3.05) is 5.32 Å². The van der Waals surface area contributed by atoms with Gasteiger partial charge in [0.1, 0.15) is 11.4 Å². The van der Waals surface area contributed by atoms with E-state index in [4.69, 9.17) is 0 Å². The molecule has 0 aromatic heterocycles. The van der Waals surface area contributed by atoms with E-state index in [-0.39, 0.29) is 11.6 Å². The zero-order valence-electron chi connectivity index (χ0n) is 15.0. The van der Waals surface area contributed by atoms with Gasteiger partial charge in [0, 0.05) is 11.8 Å². The molecule has 3 atom stereocenters. The highest BCUT2D eigenvalue weighted by molar-refractivity contribution is 7.79. The number of amides is 1. The summed E-state index contributed by atoms with van der Waals surface area (Å²) >= 11 is -3.09.